The largest absolute Gasteiger partial charge is 0.507 e. The molecule has 1 atom stereocenters. The van der Waals surface area contributed by atoms with E-state index in [1.165, 1.54) is 11.3 Å². The normalized spacial score (nSPS) is 14.9. The highest BCUT2D eigenvalue weighted by molar-refractivity contribution is 7.18. The number of thiophene rings is 1. The molecule has 0 fully saturated rings. The van der Waals surface area contributed by atoms with Crippen LogP contribution in [0.1, 0.15) is 32.9 Å². The Bertz CT molecular complexity index is 2220. The zero-order valence-corrected chi connectivity index (χ0v) is 28.8. The van der Waals surface area contributed by atoms with Crippen molar-refractivity contribution in [3.8, 4) is 39.5 Å². The number of aromatic hydroxyl groups is 1. The van der Waals surface area contributed by atoms with Crippen LogP contribution in [0.4, 0.5) is 13.6 Å². The molecule has 0 saturated carbocycles. The van der Waals surface area contributed by atoms with Crippen LogP contribution in [0.2, 0.25) is 0 Å². The van der Waals surface area contributed by atoms with Gasteiger partial charge in [-0.2, -0.15) is 10.2 Å². The number of hydrogen-bond donors (Lipinski definition) is 2. The molecule has 6 aromatic rings. The minimum Gasteiger partial charge on any atom is -0.507 e. The predicted octanol–water partition coefficient (Wildman–Crippen LogP) is 6.88. The number of fused-ring (bicyclic) bond motifs is 3. The van der Waals surface area contributed by atoms with Crippen LogP contribution in [-0.4, -0.2) is 77.2 Å². The van der Waals surface area contributed by atoms with Gasteiger partial charge in [-0.1, -0.05) is 6.07 Å². The summed E-state index contributed by atoms with van der Waals surface area (Å²) in [6, 6.07) is 10.8. The van der Waals surface area contributed by atoms with E-state index in [2.05, 4.69) is 5.10 Å². The molecule has 11 nitrogen and oxygen atoms in total. The number of carbonyl (C=O) groups excluding carboxylic acids is 1. The number of aliphatic hydroxyl groups is 1. The Labute approximate surface area is 290 Å². The smallest absolute Gasteiger partial charge is 0.411 e. The van der Waals surface area contributed by atoms with Gasteiger partial charge < -0.3 is 19.7 Å². The summed E-state index contributed by atoms with van der Waals surface area (Å²) in [4.78, 5) is 20.1. The molecule has 7 rings (SSSR count). The van der Waals surface area contributed by atoms with E-state index in [4.69, 9.17) is 19.6 Å². The average molecular weight is 703 g/mol. The fourth-order valence-corrected chi connectivity index (χ4v) is 7.25. The highest BCUT2D eigenvalue weighted by atomic mass is 32.1. The van der Waals surface area contributed by atoms with Gasteiger partial charge in [-0.25, -0.2) is 18.6 Å². The van der Waals surface area contributed by atoms with Gasteiger partial charge in [-0.3, -0.25) is 14.3 Å². The van der Waals surface area contributed by atoms with Gasteiger partial charge in [0.1, 0.15) is 34.4 Å². The Kier molecular flexibility index (Phi) is 8.78. The number of halogens is 2. The standard InChI is InChI=1S/C36H36F2N6O5S/c1-36(2,3)49-35(47)43-17-23-15-27(41-44(23)18-24(43)19-48-10-5-9-45)33-31(30-26(38)13-22(37)14-29(30)46)34-25(8-11-50-34)32(40-33)20-6-7-28-21(12-20)16-39-42(28)4/h6-8,11-16,24,45-46H,5,9-10,17-19H2,1-4H3/t24-/m0/s1. The van der Waals surface area contributed by atoms with Crippen molar-refractivity contribution in [2.24, 2.45) is 7.05 Å². The summed E-state index contributed by atoms with van der Waals surface area (Å²) in [5.41, 5.74) is 3.05. The monoisotopic (exact) mass is 702 g/mol. The molecule has 0 saturated heterocycles. The first kappa shape index (κ1) is 33.6. The van der Waals surface area contributed by atoms with Crippen LogP contribution in [0.25, 0.3) is 54.8 Å². The number of benzene rings is 2. The summed E-state index contributed by atoms with van der Waals surface area (Å²) in [7, 11) is 1.87. The van der Waals surface area contributed by atoms with Crippen molar-refractivity contribution in [3.05, 3.63) is 71.4 Å². The summed E-state index contributed by atoms with van der Waals surface area (Å²) < 4.78 is 45.7. The zero-order chi connectivity index (χ0) is 35.3. The summed E-state index contributed by atoms with van der Waals surface area (Å²) >= 11 is 1.35. The lowest BCUT2D eigenvalue weighted by Crippen LogP contribution is -2.50. The number of pyridine rings is 1. The molecule has 0 radical (unpaired) electrons. The Balaban J connectivity index is 1.40. The van der Waals surface area contributed by atoms with Crippen molar-refractivity contribution in [1.29, 1.82) is 0 Å². The van der Waals surface area contributed by atoms with Crippen LogP contribution in [0.15, 0.2) is 54.0 Å². The van der Waals surface area contributed by atoms with Crippen molar-refractivity contribution >= 4 is 38.4 Å². The van der Waals surface area contributed by atoms with Gasteiger partial charge in [0, 0.05) is 59.0 Å². The minimum absolute atomic E-state index is 0.0146. The maximum absolute atomic E-state index is 15.7. The molecule has 260 valence electrons. The predicted molar refractivity (Wildman–Crippen MR) is 186 cm³/mol. The first-order valence-electron chi connectivity index (χ1n) is 16.2. The maximum atomic E-state index is 15.7. The van der Waals surface area contributed by atoms with E-state index in [0.717, 1.165) is 34.0 Å². The quantitative estimate of drug-likeness (QED) is 0.164. The van der Waals surface area contributed by atoms with Gasteiger partial charge in [0.25, 0.3) is 0 Å². The van der Waals surface area contributed by atoms with Gasteiger partial charge in [0.05, 0.1) is 54.4 Å². The molecule has 1 amide bonds. The van der Waals surface area contributed by atoms with Crippen LogP contribution >= 0.6 is 11.3 Å². The van der Waals surface area contributed by atoms with E-state index < -0.39 is 35.1 Å². The second kappa shape index (κ2) is 13.1. The van der Waals surface area contributed by atoms with Gasteiger partial charge in [0.15, 0.2) is 0 Å². The molecule has 0 bridgehead atoms. The number of aliphatic hydroxyl groups excluding tert-OH is 1. The molecule has 2 aromatic carbocycles. The van der Waals surface area contributed by atoms with E-state index in [0.29, 0.717) is 34.8 Å². The second-order valence-electron chi connectivity index (χ2n) is 13.3. The molecule has 4 aromatic heterocycles. The Morgan fingerprint density at radius 2 is 1.92 bits per heavy atom. The van der Waals surface area contributed by atoms with Crippen LogP contribution in [-0.2, 0) is 29.6 Å². The van der Waals surface area contributed by atoms with Gasteiger partial charge >= 0.3 is 6.09 Å². The second-order valence-corrected chi connectivity index (χ2v) is 14.2. The summed E-state index contributed by atoms with van der Waals surface area (Å²) in [5.74, 6) is -2.41. The highest BCUT2D eigenvalue weighted by Crippen LogP contribution is 2.47. The number of carbonyl (C=O) groups is 1. The number of hydrogen-bond acceptors (Lipinski definition) is 9. The lowest BCUT2D eigenvalue weighted by atomic mass is 9.96. The SMILES string of the molecule is Cn1ncc2cc(-c3nc(-c4cc5n(n4)C[C@@H](COCCCO)N(C(=O)OC(C)(C)C)C5)c(-c4c(O)cc(F)cc4F)c4sccc34)ccc21. The molecule has 50 heavy (non-hydrogen) atoms. The van der Waals surface area contributed by atoms with Crippen molar-refractivity contribution in [3.63, 3.8) is 0 Å². The van der Waals surface area contributed by atoms with Crippen molar-refractivity contribution in [1.82, 2.24) is 29.4 Å². The number of aryl methyl sites for hydroxylation is 1. The number of amides is 1. The summed E-state index contributed by atoms with van der Waals surface area (Å²) in [6.45, 7) is 6.30. The van der Waals surface area contributed by atoms with E-state index in [-0.39, 0.29) is 43.1 Å². The van der Waals surface area contributed by atoms with Gasteiger partial charge in [-0.15, -0.1) is 11.3 Å². The third-order valence-corrected chi connectivity index (χ3v) is 9.49. The van der Waals surface area contributed by atoms with E-state index >= 15 is 4.39 Å². The molecule has 14 heteroatoms. The number of aromatic nitrogens is 5. The summed E-state index contributed by atoms with van der Waals surface area (Å²) in [6.07, 6.45) is 1.72. The highest BCUT2D eigenvalue weighted by Gasteiger charge is 2.35. The first-order chi connectivity index (χ1) is 23.9. The molecule has 0 spiro atoms. The molecule has 0 aliphatic carbocycles. The van der Waals surface area contributed by atoms with Crippen LogP contribution < -0.4 is 0 Å². The number of phenols is 1. The molecule has 5 heterocycles. The molecule has 2 N–H and O–H groups in total. The molecule has 0 unspecified atom stereocenters. The van der Waals surface area contributed by atoms with E-state index in [1.54, 1.807) is 47.3 Å². The minimum atomic E-state index is -0.940. The molecular formula is C36H36F2N6O5S. The summed E-state index contributed by atoms with van der Waals surface area (Å²) in [5, 5.41) is 33.0. The Hall–Kier alpha value is -4.92. The van der Waals surface area contributed by atoms with Crippen molar-refractivity contribution in [2.75, 3.05) is 19.8 Å². The zero-order valence-electron chi connectivity index (χ0n) is 28.0. The third-order valence-electron chi connectivity index (χ3n) is 8.56. The fourth-order valence-electron chi connectivity index (χ4n) is 6.30. The topological polar surface area (TPSA) is 128 Å². The van der Waals surface area contributed by atoms with Gasteiger partial charge in [-0.05, 0) is 56.8 Å². The van der Waals surface area contributed by atoms with Crippen molar-refractivity contribution in [2.45, 2.75) is 51.9 Å². The molecular weight excluding hydrogens is 666 g/mol. The van der Waals surface area contributed by atoms with Crippen LogP contribution in [0.5, 0.6) is 5.75 Å². The lowest BCUT2D eigenvalue weighted by molar-refractivity contribution is -0.0130. The Morgan fingerprint density at radius 3 is 2.68 bits per heavy atom. The number of nitrogens with zero attached hydrogens (tertiary/aromatic N) is 6. The third kappa shape index (κ3) is 6.30. The lowest BCUT2D eigenvalue weighted by Gasteiger charge is -2.36. The molecule has 1 aliphatic rings. The average Bonchev–Trinajstić information content (AvgIpc) is 3.80. The van der Waals surface area contributed by atoms with E-state index in [9.17, 15) is 19.4 Å². The van der Waals surface area contributed by atoms with Crippen LogP contribution in [0, 0.1) is 11.6 Å². The van der Waals surface area contributed by atoms with E-state index in [1.807, 2.05) is 36.7 Å². The van der Waals surface area contributed by atoms with Crippen molar-refractivity contribution < 1.29 is 33.3 Å². The first-order valence-corrected chi connectivity index (χ1v) is 17.1. The Morgan fingerprint density at radius 1 is 1.10 bits per heavy atom. The van der Waals surface area contributed by atoms with Gasteiger partial charge in [0.2, 0.25) is 0 Å². The van der Waals surface area contributed by atoms with Crippen LogP contribution in [0.3, 0.4) is 0 Å². The number of ether oxygens (including phenoxy) is 2. The fraction of sp³-hybridized carbons (Fsp3) is 0.333. The molecule has 1 aliphatic heterocycles. The number of rotatable bonds is 8. The number of phenolic OH excluding ortho intramolecular Hbond substituents is 1. The maximum Gasteiger partial charge on any atom is 0.411 e.